The highest BCUT2D eigenvalue weighted by molar-refractivity contribution is 5.94. The average molecular weight is 299 g/mol. The predicted octanol–water partition coefficient (Wildman–Crippen LogP) is 2.58. The second-order valence-electron chi connectivity index (χ2n) is 4.66. The first-order valence-electron chi connectivity index (χ1n) is 6.73. The first-order valence-corrected chi connectivity index (χ1v) is 6.73. The van der Waals surface area contributed by atoms with Crippen LogP contribution in [0.2, 0.25) is 0 Å². The lowest BCUT2D eigenvalue weighted by Gasteiger charge is -2.17. The SMILES string of the molecule is COc1ccc(C(=O)N(C)COC(=O)c2ccccc2)cc1. The van der Waals surface area contributed by atoms with E-state index in [-0.39, 0.29) is 12.6 Å². The van der Waals surface area contributed by atoms with Gasteiger partial charge in [-0.15, -0.1) is 0 Å². The zero-order valence-corrected chi connectivity index (χ0v) is 12.5. The van der Waals surface area contributed by atoms with E-state index in [2.05, 4.69) is 0 Å². The van der Waals surface area contributed by atoms with Gasteiger partial charge in [-0.05, 0) is 36.4 Å². The van der Waals surface area contributed by atoms with Crippen molar-refractivity contribution in [3.63, 3.8) is 0 Å². The fraction of sp³-hybridized carbons (Fsp3) is 0.176. The highest BCUT2D eigenvalue weighted by Gasteiger charge is 2.14. The minimum atomic E-state index is -0.463. The molecular weight excluding hydrogens is 282 g/mol. The maximum Gasteiger partial charge on any atom is 0.339 e. The Labute approximate surface area is 129 Å². The van der Waals surface area contributed by atoms with Gasteiger partial charge in [0, 0.05) is 12.6 Å². The Morgan fingerprint density at radius 1 is 0.955 bits per heavy atom. The van der Waals surface area contributed by atoms with Crippen LogP contribution in [0.5, 0.6) is 5.75 Å². The Morgan fingerprint density at radius 2 is 1.59 bits per heavy atom. The summed E-state index contributed by atoms with van der Waals surface area (Å²) in [5, 5.41) is 0. The molecule has 0 spiro atoms. The van der Waals surface area contributed by atoms with E-state index in [9.17, 15) is 9.59 Å². The van der Waals surface area contributed by atoms with Crippen molar-refractivity contribution in [2.24, 2.45) is 0 Å². The van der Waals surface area contributed by atoms with Gasteiger partial charge in [0.15, 0.2) is 6.73 Å². The maximum atomic E-state index is 12.2. The average Bonchev–Trinajstić information content (AvgIpc) is 2.59. The summed E-state index contributed by atoms with van der Waals surface area (Å²) in [6.45, 7) is -0.113. The van der Waals surface area contributed by atoms with Crippen molar-refractivity contribution in [2.45, 2.75) is 0 Å². The van der Waals surface area contributed by atoms with E-state index in [0.29, 0.717) is 16.9 Å². The zero-order chi connectivity index (χ0) is 15.9. The molecule has 0 N–H and O–H groups in total. The molecule has 0 saturated carbocycles. The van der Waals surface area contributed by atoms with Crippen molar-refractivity contribution in [3.8, 4) is 5.75 Å². The molecule has 2 rings (SSSR count). The normalized spacial score (nSPS) is 9.91. The van der Waals surface area contributed by atoms with E-state index >= 15 is 0 Å². The number of benzene rings is 2. The molecule has 0 saturated heterocycles. The predicted molar refractivity (Wildman–Crippen MR) is 81.8 cm³/mol. The van der Waals surface area contributed by atoms with Gasteiger partial charge in [0.1, 0.15) is 5.75 Å². The topological polar surface area (TPSA) is 55.8 Å². The van der Waals surface area contributed by atoms with Gasteiger partial charge in [0.05, 0.1) is 12.7 Å². The van der Waals surface area contributed by atoms with E-state index in [1.807, 2.05) is 6.07 Å². The molecule has 0 bridgehead atoms. The van der Waals surface area contributed by atoms with Crippen molar-refractivity contribution in [3.05, 3.63) is 65.7 Å². The van der Waals surface area contributed by atoms with Gasteiger partial charge in [-0.25, -0.2) is 4.79 Å². The Kier molecular flexibility index (Phi) is 5.14. The standard InChI is InChI=1S/C17H17NO4/c1-18(12-22-17(20)14-6-4-3-5-7-14)16(19)13-8-10-15(21-2)11-9-13/h3-11H,12H2,1-2H3. The number of methoxy groups -OCH3 is 1. The first-order chi connectivity index (χ1) is 10.6. The van der Waals surface area contributed by atoms with Crippen LogP contribution in [0, 0.1) is 0 Å². The molecule has 0 aliphatic carbocycles. The number of carbonyl (C=O) groups is 2. The van der Waals surface area contributed by atoms with Crippen LogP contribution in [0.25, 0.3) is 0 Å². The second kappa shape index (κ2) is 7.26. The molecular formula is C17H17NO4. The van der Waals surface area contributed by atoms with Crippen molar-refractivity contribution < 1.29 is 19.1 Å². The van der Waals surface area contributed by atoms with E-state index in [1.54, 1.807) is 62.7 Å². The molecule has 0 radical (unpaired) electrons. The minimum absolute atomic E-state index is 0.113. The Hall–Kier alpha value is -2.82. The van der Waals surface area contributed by atoms with Gasteiger partial charge in [-0.2, -0.15) is 0 Å². The number of ether oxygens (including phenoxy) is 2. The van der Waals surface area contributed by atoms with Crippen LogP contribution in [-0.2, 0) is 4.74 Å². The number of amides is 1. The number of hydrogen-bond acceptors (Lipinski definition) is 4. The van der Waals surface area contributed by atoms with Crippen LogP contribution >= 0.6 is 0 Å². The molecule has 5 nitrogen and oxygen atoms in total. The second-order valence-corrected chi connectivity index (χ2v) is 4.66. The highest BCUT2D eigenvalue weighted by Crippen LogP contribution is 2.12. The van der Waals surface area contributed by atoms with Crippen molar-refractivity contribution in [2.75, 3.05) is 20.9 Å². The van der Waals surface area contributed by atoms with Crippen LogP contribution < -0.4 is 4.74 Å². The van der Waals surface area contributed by atoms with Crippen LogP contribution in [-0.4, -0.2) is 37.7 Å². The third kappa shape index (κ3) is 3.85. The van der Waals surface area contributed by atoms with Crippen molar-refractivity contribution in [1.29, 1.82) is 0 Å². The van der Waals surface area contributed by atoms with Crippen molar-refractivity contribution in [1.82, 2.24) is 4.90 Å². The largest absolute Gasteiger partial charge is 0.497 e. The van der Waals surface area contributed by atoms with Crippen LogP contribution in [0.4, 0.5) is 0 Å². The molecule has 2 aromatic carbocycles. The molecule has 22 heavy (non-hydrogen) atoms. The monoisotopic (exact) mass is 299 g/mol. The zero-order valence-electron chi connectivity index (χ0n) is 12.5. The summed E-state index contributed by atoms with van der Waals surface area (Å²) < 4.78 is 10.2. The minimum Gasteiger partial charge on any atom is -0.497 e. The molecule has 5 heteroatoms. The number of carbonyl (C=O) groups excluding carboxylic acids is 2. The summed E-state index contributed by atoms with van der Waals surface area (Å²) >= 11 is 0. The maximum absolute atomic E-state index is 12.2. The lowest BCUT2D eigenvalue weighted by molar-refractivity contribution is 0.0260. The summed E-state index contributed by atoms with van der Waals surface area (Å²) in [6.07, 6.45) is 0. The highest BCUT2D eigenvalue weighted by atomic mass is 16.5. The van der Waals surface area contributed by atoms with Gasteiger partial charge >= 0.3 is 5.97 Å². The van der Waals surface area contributed by atoms with E-state index in [4.69, 9.17) is 9.47 Å². The van der Waals surface area contributed by atoms with Gasteiger partial charge < -0.3 is 14.4 Å². The summed E-state index contributed by atoms with van der Waals surface area (Å²) in [6, 6.07) is 15.4. The smallest absolute Gasteiger partial charge is 0.339 e. The van der Waals surface area contributed by atoms with Gasteiger partial charge in [-0.3, -0.25) is 4.79 Å². The molecule has 0 aliphatic heterocycles. The molecule has 114 valence electrons. The number of nitrogens with zero attached hydrogens (tertiary/aromatic N) is 1. The molecule has 0 unspecified atom stereocenters. The van der Waals surface area contributed by atoms with E-state index in [0.717, 1.165) is 0 Å². The number of rotatable bonds is 5. The van der Waals surface area contributed by atoms with Crippen LogP contribution in [0.1, 0.15) is 20.7 Å². The molecule has 1 amide bonds. The summed E-state index contributed by atoms with van der Waals surface area (Å²) in [4.78, 5) is 25.3. The fourth-order valence-corrected chi connectivity index (χ4v) is 1.83. The summed E-state index contributed by atoms with van der Waals surface area (Å²) in [7, 11) is 3.14. The Balaban J connectivity index is 1.92. The molecule has 2 aromatic rings. The summed E-state index contributed by atoms with van der Waals surface area (Å²) in [5.74, 6) is -0.0202. The molecule has 0 aromatic heterocycles. The van der Waals surface area contributed by atoms with Gasteiger partial charge in [0.2, 0.25) is 0 Å². The number of esters is 1. The quantitative estimate of drug-likeness (QED) is 0.629. The van der Waals surface area contributed by atoms with Gasteiger partial charge in [0.25, 0.3) is 5.91 Å². The van der Waals surface area contributed by atoms with Crippen molar-refractivity contribution >= 4 is 11.9 Å². The van der Waals surface area contributed by atoms with E-state index in [1.165, 1.54) is 4.90 Å². The van der Waals surface area contributed by atoms with Gasteiger partial charge in [-0.1, -0.05) is 18.2 Å². The molecule has 0 atom stereocenters. The van der Waals surface area contributed by atoms with Crippen LogP contribution in [0.15, 0.2) is 54.6 Å². The van der Waals surface area contributed by atoms with Crippen LogP contribution in [0.3, 0.4) is 0 Å². The third-order valence-electron chi connectivity index (χ3n) is 3.08. The molecule has 0 heterocycles. The number of hydrogen-bond donors (Lipinski definition) is 0. The Bertz CT molecular complexity index is 637. The lowest BCUT2D eigenvalue weighted by atomic mass is 10.2. The fourth-order valence-electron chi connectivity index (χ4n) is 1.83. The third-order valence-corrected chi connectivity index (χ3v) is 3.08. The van der Waals surface area contributed by atoms with E-state index < -0.39 is 5.97 Å². The summed E-state index contributed by atoms with van der Waals surface area (Å²) in [5.41, 5.74) is 0.951. The molecule has 0 fully saturated rings. The lowest BCUT2D eigenvalue weighted by Crippen LogP contribution is -2.30. The first kappa shape index (κ1) is 15.6. The molecule has 0 aliphatic rings. The Morgan fingerprint density at radius 3 is 2.18 bits per heavy atom.